The Balaban J connectivity index is 1.69. The van der Waals surface area contributed by atoms with E-state index in [9.17, 15) is 0 Å². The molecule has 0 amide bonds. The fourth-order valence-electron chi connectivity index (χ4n) is 3.06. The van der Waals surface area contributed by atoms with Crippen LogP contribution in [0, 0.1) is 0 Å². The van der Waals surface area contributed by atoms with Crippen molar-refractivity contribution in [1.29, 1.82) is 0 Å². The van der Waals surface area contributed by atoms with Gasteiger partial charge in [-0.3, -0.25) is 0 Å². The Morgan fingerprint density at radius 2 is 1.39 bits per heavy atom. The monoisotopic (exact) mass is 252 g/mol. The van der Waals surface area contributed by atoms with Gasteiger partial charge in [-0.05, 0) is 45.4 Å². The van der Waals surface area contributed by atoms with E-state index in [0.717, 1.165) is 5.76 Å². The predicted molar refractivity (Wildman–Crippen MR) is 74.5 cm³/mol. The zero-order valence-electron chi connectivity index (χ0n) is 11.8. The number of hydrogen-bond donors (Lipinski definition) is 0. The first-order valence-electron chi connectivity index (χ1n) is 7.76. The van der Waals surface area contributed by atoms with E-state index in [0.29, 0.717) is 12.2 Å². The lowest BCUT2D eigenvalue weighted by Crippen LogP contribution is -2.26. The molecule has 2 rings (SSSR count). The third kappa shape index (κ3) is 4.31. The van der Waals surface area contributed by atoms with E-state index in [1.54, 1.807) is 0 Å². The normalized spacial score (nSPS) is 24.7. The molecular formula is C16H28O2. The molecule has 2 heteroatoms. The van der Waals surface area contributed by atoms with Gasteiger partial charge in [-0.2, -0.15) is 0 Å². The van der Waals surface area contributed by atoms with E-state index in [1.165, 1.54) is 64.2 Å². The van der Waals surface area contributed by atoms with Gasteiger partial charge in [-0.15, -0.1) is 0 Å². The minimum Gasteiger partial charge on any atom is -0.493 e. The quantitative estimate of drug-likeness (QED) is 0.666. The van der Waals surface area contributed by atoms with Crippen LogP contribution in [0.1, 0.15) is 71.1 Å². The summed E-state index contributed by atoms with van der Waals surface area (Å²) in [6.07, 6.45) is 13.6. The van der Waals surface area contributed by atoms with Crippen molar-refractivity contribution < 1.29 is 9.47 Å². The molecule has 0 bridgehead atoms. The van der Waals surface area contributed by atoms with E-state index in [2.05, 4.69) is 13.5 Å². The molecule has 0 aromatic heterocycles. The average molecular weight is 252 g/mol. The van der Waals surface area contributed by atoms with Gasteiger partial charge in [0.25, 0.3) is 0 Å². The third-order valence-electron chi connectivity index (χ3n) is 4.27. The van der Waals surface area contributed by atoms with Crippen molar-refractivity contribution in [2.45, 2.75) is 89.4 Å². The summed E-state index contributed by atoms with van der Waals surface area (Å²) in [6, 6.07) is 0. The van der Waals surface area contributed by atoms with Crippen LogP contribution in [-0.2, 0) is 9.47 Å². The largest absolute Gasteiger partial charge is 0.493 e. The highest BCUT2D eigenvalue weighted by molar-refractivity contribution is 4.92. The molecule has 2 saturated carbocycles. The topological polar surface area (TPSA) is 18.5 Å². The summed E-state index contributed by atoms with van der Waals surface area (Å²) in [5, 5.41) is 0. The Labute approximate surface area is 112 Å². The van der Waals surface area contributed by atoms with Gasteiger partial charge in [-0.25, -0.2) is 0 Å². The van der Waals surface area contributed by atoms with Gasteiger partial charge in [0, 0.05) is 0 Å². The van der Waals surface area contributed by atoms with Crippen LogP contribution in [0.25, 0.3) is 0 Å². The van der Waals surface area contributed by atoms with Crippen LogP contribution >= 0.6 is 0 Å². The van der Waals surface area contributed by atoms with E-state index in [-0.39, 0.29) is 6.10 Å². The maximum absolute atomic E-state index is 6.07. The molecule has 0 aliphatic heterocycles. The molecule has 1 unspecified atom stereocenters. The molecule has 0 aromatic rings. The lowest BCUT2D eigenvalue weighted by molar-refractivity contribution is -0.0438. The van der Waals surface area contributed by atoms with Crippen LogP contribution < -0.4 is 0 Å². The standard InChI is InChI=1S/C16H28O2/c1-13(17-15-9-5-3-6-10-15)14(2)18-16-11-7-4-8-12-16/h14-16H,1,3-12H2,2H3. The smallest absolute Gasteiger partial charge is 0.118 e. The van der Waals surface area contributed by atoms with E-state index < -0.39 is 0 Å². The molecule has 2 fully saturated rings. The lowest BCUT2D eigenvalue weighted by Gasteiger charge is -2.29. The van der Waals surface area contributed by atoms with E-state index in [1.807, 2.05) is 0 Å². The van der Waals surface area contributed by atoms with Crippen molar-refractivity contribution in [3.63, 3.8) is 0 Å². The molecule has 0 N–H and O–H groups in total. The molecular weight excluding hydrogens is 224 g/mol. The first kappa shape index (κ1) is 13.9. The maximum Gasteiger partial charge on any atom is 0.118 e. The third-order valence-corrected chi connectivity index (χ3v) is 4.27. The highest BCUT2D eigenvalue weighted by Gasteiger charge is 2.21. The second-order valence-electron chi connectivity index (χ2n) is 5.88. The van der Waals surface area contributed by atoms with Crippen molar-refractivity contribution in [2.75, 3.05) is 0 Å². The van der Waals surface area contributed by atoms with Crippen LogP contribution in [0.3, 0.4) is 0 Å². The molecule has 2 aliphatic rings. The molecule has 0 heterocycles. The second kappa shape index (κ2) is 7.18. The number of rotatable bonds is 5. The molecule has 0 spiro atoms. The van der Waals surface area contributed by atoms with Crippen molar-refractivity contribution in [1.82, 2.24) is 0 Å². The Bertz CT molecular complexity index is 250. The average Bonchev–Trinajstić information content (AvgIpc) is 2.41. The second-order valence-corrected chi connectivity index (χ2v) is 5.88. The minimum absolute atomic E-state index is 0.0510. The number of ether oxygens (including phenoxy) is 2. The van der Waals surface area contributed by atoms with E-state index in [4.69, 9.17) is 9.47 Å². The number of hydrogen-bond acceptors (Lipinski definition) is 2. The van der Waals surface area contributed by atoms with Gasteiger partial charge in [0.05, 0.1) is 12.2 Å². The van der Waals surface area contributed by atoms with Gasteiger partial charge < -0.3 is 9.47 Å². The van der Waals surface area contributed by atoms with Gasteiger partial charge in [0.1, 0.15) is 11.9 Å². The predicted octanol–water partition coefficient (Wildman–Crippen LogP) is 4.59. The minimum atomic E-state index is 0.0510. The summed E-state index contributed by atoms with van der Waals surface area (Å²) in [4.78, 5) is 0. The molecule has 2 nitrogen and oxygen atoms in total. The fraction of sp³-hybridized carbons (Fsp3) is 0.875. The highest BCUT2D eigenvalue weighted by Crippen LogP contribution is 2.26. The van der Waals surface area contributed by atoms with Crippen LogP contribution in [0.4, 0.5) is 0 Å². The van der Waals surface area contributed by atoms with Crippen LogP contribution in [0.2, 0.25) is 0 Å². The van der Waals surface area contributed by atoms with Gasteiger partial charge >= 0.3 is 0 Å². The SMILES string of the molecule is C=C(OC1CCCCC1)C(C)OC1CCCCC1. The summed E-state index contributed by atoms with van der Waals surface area (Å²) in [6.45, 7) is 6.15. The van der Waals surface area contributed by atoms with Crippen molar-refractivity contribution in [3.8, 4) is 0 Å². The van der Waals surface area contributed by atoms with Gasteiger partial charge in [0.2, 0.25) is 0 Å². The Morgan fingerprint density at radius 3 is 1.94 bits per heavy atom. The summed E-state index contributed by atoms with van der Waals surface area (Å²) >= 11 is 0. The maximum atomic E-state index is 6.07. The van der Waals surface area contributed by atoms with Crippen LogP contribution in [-0.4, -0.2) is 18.3 Å². The van der Waals surface area contributed by atoms with Crippen LogP contribution in [0.15, 0.2) is 12.3 Å². The Morgan fingerprint density at radius 1 is 0.889 bits per heavy atom. The molecule has 1 atom stereocenters. The fourth-order valence-corrected chi connectivity index (χ4v) is 3.06. The van der Waals surface area contributed by atoms with Crippen LogP contribution in [0.5, 0.6) is 0 Å². The first-order valence-corrected chi connectivity index (χ1v) is 7.76. The molecule has 0 radical (unpaired) electrons. The Hall–Kier alpha value is -0.500. The van der Waals surface area contributed by atoms with Crippen molar-refractivity contribution in [3.05, 3.63) is 12.3 Å². The highest BCUT2D eigenvalue weighted by atomic mass is 16.5. The van der Waals surface area contributed by atoms with Gasteiger partial charge in [-0.1, -0.05) is 32.3 Å². The summed E-state index contributed by atoms with van der Waals surface area (Å²) in [7, 11) is 0. The summed E-state index contributed by atoms with van der Waals surface area (Å²) < 4.78 is 12.0. The molecule has 18 heavy (non-hydrogen) atoms. The molecule has 104 valence electrons. The lowest BCUT2D eigenvalue weighted by atomic mass is 9.97. The molecule has 2 aliphatic carbocycles. The zero-order chi connectivity index (χ0) is 12.8. The Kier molecular flexibility index (Phi) is 5.55. The van der Waals surface area contributed by atoms with Gasteiger partial charge in [0.15, 0.2) is 0 Å². The van der Waals surface area contributed by atoms with E-state index >= 15 is 0 Å². The van der Waals surface area contributed by atoms with Crippen molar-refractivity contribution >= 4 is 0 Å². The molecule has 0 saturated heterocycles. The summed E-state index contributed by atoms with van der Waals surface area (Å²) in [5.41, 5.74) is 0. The first-order chi connectivity index (χ1) is 8.75. The summed E-state index contributed by atoms with van der Waals surface area (Å²) in [5.74, 6) is 0.840. The molecule has 0 aromatic carbocycles. The van der Waals surface area contributed by atoms with Crippen molar-refractivity contribution in [2.24, 2.45) is 0 Å². The zero-order valence-corrected chi connectivity index (χ0v) is 11.8.